The fraction of sp³-hybridized carbons (Fsp3) is 0.680. The van der Waals surface area contributed by atoms with E-state index in [1.165, 1.54) is 0 Å². The number of benzene rings is 1. The van der Waals surface area contributed by atoms with Crippen LogP contribution in [0.3, 0.4) is 0 Å². The zero-order chi connectivity index (χ0) is 23.3. The normalized spacial score (nSPS) is 25.7. The molecule has 1 N–H and O–H groups in total. The number of fused-ring (bicyclic) bond motifs is 1. The minimum atomic E-state index is -0.107. The zero-order valence-corrected chi connectivity index (χ0v) is 20.2. The minimum absolute atomic E-state index is 0.0483. The van der Waals surface area contributed by atoms with Gasteiger partial charge in [-0.05, 0) is 50.8 Å². The molecular formula is C25H39N3O4. The zero-order valence-electron chi connectivity index (χ0n) is 20.2. The Morgan fingerprint density at radius 1 is 1.25 bits per heavy atom. The van der Waals surface area contributed by atoms with Crippen LogP contribution >= 0.6 is 0 Å². The monoisotopic (exact) mass is 445 g/mol. The van der Waals surface area contributed by atoms with Crippen molar-refractivity contribution >= 4 is 17.5 Å². The second-order valence-corrected chi connectivity index (χ2v) is 9.42. The smallest absolute Gasteiger partial charge is 0.257 e. The molecule has 1 aromatic rings. The van der Waals surface area contributed by atoms with Crippen LogP contribution in [0.5, 0.6) is 5.75 Å². The number of likely N-dealkylation sites (N-methyl/N-ethyl adjacent to an activating group) is 1. The molecule has 3 rings (SSSR count). The summed E-state index contributed by atoms with van der Waals surface area (Å²) < 4.78 is 12.0. The third kappa shape index (κ3) is 5.81. The van der Waals surface area contributed by atoms with Gasteiger partial charge >= 0.3 is 0 Å². The summed E-state index contributed by atoms with van der Waals surface area (Å²) in [7, 11) is 3.52. The second kappa shape index (κ2) is 11.1. The number of hydrogen-bond donors (Lipinski definition) is 1. The molecule has 1 heterocycles. The number of nitrogens with zero attached hydrogens (tertiary/aromatic N) is 2. The lowest BCUT2D eigenvalue weighted by atomic mass is 9.85. The van der Waals surface area contributed by atoms with Crippen LogP contribution in [0.25, 0.3) is 0 Å². The van der Waals surface area contributed by atoms with E-state index in [9.17, 15) is 9.59 Å². The molecule has 1 fully saturated rings. The van der Waals surface area contributed by atoms with E-state index < -0.39 is 0 Å². The van der Waals surface area contributed by atoms with Crippen LogP contribution in [0, 0.1) is 11.8 Å². The van der Waals surface area contributed by atoms with E-state index in [4.69, 9.17) is 9.47 Å². The van der Waals surface area contributed by atoms with Crippen molar-refractivity contribution in [3.63, 3.8) is 0 Å². The number of ether oxygens (including phenoxy) is 2. The van der Waals surface area contributed by atoms with E-state index in [1.807, 2.05) is 0 Å². The number of anilines is 1. The van der Waals surface area contributed by atoms with E-state index >= 15 is 0 Å². The van der Waals surface area contributed by atoms with Crippen molar-refractivity contribution in [1.29, 1.82) is 0 Å². The molecule has 2 aliphatic rings. The largest absolute Gasteiger partial charge is 0.491 e. The van der Waals surface area contributed by atoms with E-state index in [0.29, 0.717) is 30.2 Å². The minimum Gasteiger partial charge on any atom is -0.491 e. The van der Waals surface area contributed by atoms with Gasteiger partial charge in [-0.25, -0.2) is 0 Å². The van der Waals surface area contributed by atoms with Gasteiger partial charge in [0.1, 0.15) is 12.4 Å². The molecule has 0 spiro atoms. The Bertz CT molecular complexity index is 795. The molecule has 0 aromatic heterocycles. The Morgan fingerprint density at radius 3 is 2.62 bits per heavy atom. The lowest BCUT2D eigenvalue weighted by Gasteiger charge is -2.36. The van der Waals surface area contributed by atoms with E-state index in [2.05, 4.69) is 31.0 Å². The molecule has 1 aliphatic heterocycles. The molecule has 1 aliphatic carbocycles. The molecule has 3 atom stereocenters. The average molecular weight is 446 g/mol. The number of nitrogens with one attached hydrogen (secondary N) is 1. The summed E-state index contributed by atoms with van der Waals surface area (Å²) in [6, 6.07) is 5.52. The molecule has 32 heavy (non-hydrogen) atoms. The van der Waals surface area contributed by atoms with Crippen LogP contribution in [0.2, 0.25) is 0 Å². The third-order valence-electron chi connectivity index (χ3n) is 6.83. The van der Waals surface area contributed by atoms with Crippen LogP contribution in [0.1, 0.15) is 56.8 Å². The molecule has 1 saturated carbocycles. The Labute approximate surface area is 192 Å². The highest BCUT2D eigenvalue weighted by Gasteiger charge is 2.29. The molecule has 178 valence electrons. The van der Waals surface area contributed by atoms with E-state index in [1.54, 1.807) is 37.3 Å². The molecule has 0 unspecified atom stereocenters. The summed E-state index contributed by atoms with van der Waals surface area (Å²) in [6.45, 7) is 9.35. The number of carbonyl (C=O) groups excluding carboxylic acids is 2. The number of amides is 2. The van der Waals surface area contributed by atoms with Gasteiger partial charge in [-0.1, -0.05) is 20.3 Å². The van der Waals surface area contributed by atoms with Crippen molar-refractivity contribution in [1.82, 2.24) is 9.80 Å². The van der Waals surface area contributed by atoms with Crippen LogP contribution in [-0.4, -0.2) is 74.2 Å². The average Bonchev–Trinajstić information content (AvgIpc) is 2.72. The Balaban J connectivity index is 1.88. The SMILES string of the molecule is CCCN1C[C@H](C)[C@@H](OC)CN(C)C(=O)c2ccc(NC(=O)C3CCC3)cc2OC[C@H]1C. The van der Waals surface area contributed by atoms with Gasteiger partial charge in [0.25, 0.3) is 5.91 Å². The fourth-order valence-electron chi connectivity index (χ4n) is 4.44. The van der Waals surface area contributed by atoms with Crippen molar-refractivity contribution < 1.29 is 19.1 Å². The van der Waals surface area contributed by atoms with Crippen molar-refractivity contribution in [3.05, 3.63) is 23.8 Å². The third-order valence-corrected chi connectivity index (χ3v) is 6.83. The molecule has 7 heteroatoms. The lowest BCUT2D eigenvalue weighted by molar-refractivity contribution is -0.122. The van der Waals surface area contributed by atoms with Crippen LogP contribution < -0.4 is 10.1 Å². The first kappa shape index (κ1) is 24.5. The molecule has 0 saturated heterocycles. The summed E-state index contributed by atoms with van der Waals surface area (Å²) in [6.07, 6.45) is 4.00. The molecule has 7 nitrogen and oxygen atoms in total. The van der Waals surface area contributed by atoms with Gasteiger partial charge in [-0.15, -0.1) is 0 Å². The van der Waals surface area contributed by atoms with Crippen molar-refractivity contribution in [2.75, 3.05) is 45.7 Å². The molecule has 2 amide bonds. The predicted molar refractivity (Wildman–Crippen MR) is 126 cm³/mol. The highest BCUT2D eigenvalue weighted by Crippen LogP contribution is 2.30. The van der Waals surface area contributed by atoms with Gasteiger partial charge < -0.3 is 19.7 Å². The fourth-order valence-corrected chi connectivity index (χ4v) is 4.44. The molecule has 0 bridgehead atoms. The highest BCUT2D eigenvalue weighted by molar-refractivity contribution is 5.99. The van der Waals surface area contributed by atoms with Crippen LogP contribution in [0.15, 0.2) is 18.2 Å². The van der Waals surface area contributed by atoms with E-state index in [-0.39, 0.29) is 35.8 Å². The second-order valence-electron chi connectivity index (χ2n) is 9.42. The van der Waals surface area contributed by atoms with Crippen molar-refractivity contribution in [2.24, 2.45) is 11.8 Å². The topological polar surface area (TPSA) is 71.1 Å². The lowest BCUT2D eigenvalue weighted by Crippen LogP contribution is -2.46. The predicted octanol–water partition coefficient (Wildman–Crippen LogP) is 3.64. The quantitative estimate of drug-likeness (QED) is 0.749. The molecule has 0 radical (unpaired) electrons. The first-order chi connectivity index (χ1) is 15.3. The Hall–Kier alpha value is -2.12. The van der Waals surface area contributed by atoms with Crippen molar-refractivity contribution in [3.8, 4) is 5.75 Å². The Kier molecular flexibility index (Phi) is 8.54. The van der Waals surface area contributed by atoms with Gasteiger partial charge in [0.2, 0.25) is 5.91 Å². The number of hydrogen-bond acceptors (Lipinski definition) is 5. The highest BCUT2D eigenvalue weighted by atomic mass is 16.5. The first-order valence-corrected chi connectivity index (χ1v) is 11.9. The van der Waals surface area contributed by atoms with Crippen LogP contribution in [-0.2, 0) is 9.53 Å². The maximum atomic E-state index is 13.3. The van der Waals surface area contributed by atoms with E-state index in [0.717, 1.165) is 38.8 Å². The van der Waals surface area contributed by atoms with Gasteiger partial charge in [0.15, 0.2) is 0 Å². The first-order valence-electron chi connectivity index (χ1n) is 11.9. The van der Waals surface area contributed by atoms with Gasteiger partial charge in [0, 0.05) is 51.0 Å². The molecular weight excluding hydrogens is 406 g/mol. The standard InChI is InChI=1S/C25H39N3O4/c1-6-12-28-14-17(2)23(31-5)15-27(4)25(30)21-11-10-20(13-22(21)32-16-18(28)3)26-24(29)19-8-7-9-19/h10-11,13,17-19,23H,6-9,12,14-16H2,1-5H3,(H,26,29)/t17-,18+,23-/m0/s1. The van der Waals surface area contributed by atoms with Gasteiger partial charge in [0.05, 0.1) is 11.7 Å². The number of methoxy groups -OCH3 is 1. The summed E-state index contributed by atoms with van der Waals surface area (Å²) >= 11 is 0. The van der Waals surface area contributed by atoms with Gasteiger partial charge in [-0.2, -0.15) is 0 Å². The van der Waals surface area contributed by atoms with Gasteiger partial charge in [-0.3, -0.25) is 14.5 Å². The number of rotatable bonds is 5. The summed E-state index contributed by atoms with van der Waals surface area (Å²) in [5.41, 5.74) is 1.18. The number of carbonyl (C=O) groups is 2. The Morgan fingerprint density at radius 2 is 2.00 bits per heavy atom. The summed E-state index contributed by atoms with van der Waals surface area (Å²) in [5, 5.41) is 2.99. The summed E-state index contributed by atoms with van der Waals surface area (Å²) in [4.78, 5) is 29.8. The van der Waals surface area contributed by atoms with Crippen molar-refractivity contribution in [2.45, 2.75) is 58.6 Å². The van der Waals surface area contributed by atoms with Crippen LogP contribution in [0.4, 0.5) is 5.69 Å². The summed E-state index contributed by atoms with van der Waals surface area (Å²) in [5.74, 6) is 0.823. The molecule has 1 aromatic carbocycles. The maximum Gasteiger partial charge on any atom is 0.257 e. The maximum absolute atomic E-state index is 13.3.